The van der Waals surface area contributed by atoms with Gasteiger partial charge in [-0.3, -0.25) is 0 Å². The molecule has 0 aromatic rings. The van der Waals surface area contributed by atoms with Crippen LogP contribution in [0.4, 0.5) is 0 Å². The van der Waals surface area contributed by atoms with Gasteiger partial charge in [0.2, 0.25) is 0 Å². The number of esters is 3. The SMILES string of the molecule is C=CC(=O)OCCCC.C=CC(=O)OCCOC(=O)C=C. The molecule has 0 aromatic heterocycles. The minimum Gasteiger partial charge on any atom is -0.463 e. The number of ether oxygens (including phenoxy) is 3. The van der Waals surface area contributed by atoms with Crippen molar-refractivity contribution in [1.29, 1.82) is 0 Å². The smallest absolute Gasteiger partial charge is 0.330 e. The van der Waals surface area contributed by atoms with Crippen molar-refractivity contribution in [3.05, 3.63) is 38.0 Å². The molecule has 0 rings (SSSR count). The molecule has 0 aliphatic carbocycles. The summed E-state index contributed by atoms with van der Waals surface area (Å²) in [5, 5.41) is 0. The van der Waals surface area contributed by atoms with Crippen molar-refractivity contribution >= 4 is 17.9 Å². The van der Waals surface area contributed by atoms with Gasteiger partial charge in [0.1, 0.15) is 13.2 Å². The predicted molar refractivity (Wildman–Crippen MR) is 78.4 cm³/mol. The van der Waals surface area contributed by atoms with Crippen LogP contribution >= 0.6 is 0 Å². The molecule has 0 aliphatic rings. The molecule has 6 nitrogen and oxygen atoms in total. The number of hydrogen-bond acceptors (Lipinski definition) is 6. The van der Waals surface area contributed by atoms with Gasteiger partial charge in [0.05, 0.1) is 6.61 Å². The largest absolute Gasteiger partial charge is 0.463 e. The molecule has 0 radical (unpaired) electrons. The summed E-state index contributed by atoms with van der Waals surface area (Å²) >= 11 is 0. The summed E-state index contributed by atoms with van der Waals surface area (Å²) in [6.07, 6.45) is 5.23. The molecule has 0 unspecified atom stereocenters. The van der Waals surface area contributed by atoms with Crippen LogP contribution < -0.4 is 0 Å². The Morgan fingerprint density at radius 2 is 1.10 bits per heavy atom. The number of carbonyl (C=O) groups excluding carboxylic acids is 3. The first-order valence-corrected chi connectivity index (χ1v) is 6.39. The first kappa shape index (κ1) is 20.9. The van der Waals surface area contributed by atoms with Crippen molar-refractivity contribution in [3.63, 3.8) is 0 Å². The molecule has 0 saturated heterocycles. The van der Waals surface area contributed by atoms with Gasteiger partial charge in [0.25, 0.3) is 0 Å². The van der Waals surface area contributed by atoms with Crippen LogP contribution in [0.5, 0.6) is 0 Å². The molecule has 0 aromatic carbocycles. The van der Waals surface area contributed by atoms with Gasteiger partial charge in [-0.2, -0.15) is 0 Å². The molecule has 0 atom stereocenters. The van der Waals surface area contributed by atoms with Crippen LogP contribution in [0.2, 0.25) is 0 Å². The zero-order valence-electron chi connectivity index (χ0n) is 12.3. The average molecular weight is 298 g/mol. The lowest BCUT2D eigenvalue weighted by Gasteiger charge is -2.01. The van der Waals surface area contributed by atoms with E-state index in [1.165, 1.54) is 6.08 Å². The second kappa shape index (κ2) is 15.7. The number of carbonyl (C=O) groups is 3. The summed E-state index contributed by atoms with van der Waals surface area (Å²) in [5.41, 5.74) is 0. The van der Waals surface area contributed by atoms with Gasteiger partial charge in [-0.15, -0.1) is 0 Å². The predicted octanol–water partition coefficient (Wildman–Crippen LogP) is 1.96. The van der Waals surface area contributed by atoms with E-state index >= 15 is 0 Å². The maximum Gasteiger partial charge on any atom is 0.330 e. The van der Waals surface area contributed by atoms with Gasteiger partial charge in [-0.1, -0.05) is 33.1 Å². The normalized spacial score (nSPS) is 8.43. The van der Waals surface area contributed by atoms with Crippen molar-refractivity contribution in [2.75, 3.05) is 19.8 Å². The zero-order valence-corrected chi connectivity index (χ0v) is 12.3. The van der Waals surface area contributed by atoms with E-state index in [1.807, 2.05) is 6.92 Å². The molecule has 0 amide bonds. The molecule has 0 N–H and O–H groups in total. The summed E-state index contributed by atoms with van der Waals surface area (Å²) in [4.78, 5) is 31.2. The Bertz CT molecular complexity index is 337. The lowest BCUT2D eigenvalue weighted by atomic mass is 10.4. The van der Waals surface area contributed by atoms with Crippen molar-refractivity contribution in [2.24, 2.45) is 0 Å². The van der Waals surface area contributed by atoms with Crippen molar-refractivity contribution in [3.8, 4) is 0 Å². The van der Waals surface area contributed by atoms with Gasteiger partial charge < -0.3 is 14.2 Å². The summed E-state index contributed by atoms with van der Waals surface area (Å²) in [7, 11) is 0. The van der Waals surface area contributed by atoms with Gasteiger partial charge in [-0.25, -0.2) is 14.4 Å². The van der Waals surface area contributed by atoms with Gasteiger partial charge in [-0.05, 0) is 6.42 Å². The molecule has 0 heterocycles. The quantitative estimate of drug-likeness (QED) is 0.280. The zero-order chi connectivity index (χ0) is 16.5. The van der Waals surface area contributed by atoms with Crippen molar-refractivity contribution < 1.29 is 28.6 Å². The molecular formula is C15H22O6. The molecule has 0 spiro atoms. The van der Waals surface area contributed by atoms with Crippen LogP contribution in [0.25, 0.3) is 0 Å². The minimum atomic E-state index is -0.537. The highest BCUT2D eigenvalue weighted by molar-refractivity contribution is 5.82. The van der Waals surface area contributed by atoms with Crippen molar-refractivity contribution in [1.82, 2.24) is 0 Å². The van der Waals surface area contributed by atoms with E-state index in [4.69, 9.17) is 0 Å². The van der Waals surface area contributed by atoms with Crippen LogP contribution in [0.3, 0.4) is 0 Å². The highest BCUT2D eigenvalue weighted by atomic mass is 16.6. The standard InChI is InChI=1S/C8H10O4.C7H12O2/c1-3-7(9)11-5-6-12-8(10)4-2;1-3-5-6-9-7(8)4-2/h3-4H,1-2,5-6H2;4H,2-3,5-6H2,1H3. The number of rotatable bonds is 9. The first-order valence-electron chi connectivity index (χ1n) is 6.39. The topological polar surface area (TPSA) is 78.9 Å². The van der Waals surface area contributed by atoms with E-state index in [9.17, 15) is 14.4 Å². The van der Waals surface area contributed by atoms with E-state index in [1.54, 1.807) is 0 Å². The fourth-order valence-electron chi connectivity index (χ4n) is 0.778. The molecule has 118 valence electrons. The second-order valence-corrected chi connectivity index (χ2v) is 3.47. The lowest BCUT2D eigenvalue weighted by Crippen LogP contribution is -2.10. The lowest BCUT2D eigenvalue weighted by molar-refractivity contribution is -0.146. The maximum absolute atomic E-state index is 10.4. The van der Waals surface area contributed by atoms with E-state index in [0.29, 0.717) is 6.61 Å². The molecule has 0 saturated carbocycles. The Morgan fingerprint density at radius 1 is 0.762 bits per heavy atom. The van der Waals surface area contributed by atoms with Gasteiger partial charge >= 0.3 is 17.9 Å². The monoisotopic (exact) mass is 298 g/mol. The third-order valence-corrected chi connectivity index (χ3v) is 1.81. The Balaban J connectivity index is 0. The highest BCUT2D eigenvalue weighted by Crippen LogP contribution is 1.88. The van der Waals surface area contributed by atoms with Crippen molar-refractivity contribution in [2.45, 2.75) is 19.8 Å². The Morgan fingerprint density at radius 3 is 1.38 bits per heavy atom. The fourth-order valence-corrected chi connectivity index (χ4v) is 0.778. The first-order chi connectivity index (χ1) is 10.0. The van der Waals surface area contributed by atoms with Crippen LogP contribution in [0, 0.1) is 0 Å². The molecule has 0 bridgehead atoms. The minimum absolute atomic E-state index is 0.0322. The average Bonchev–Trinajstić information content (AvgIpc) is 2.51. The van der Waals surface area contributed by atoms with E-state index in [-0.39, 0.29) is 19.2 Å². The van der Waals surface area contributed by atoms with E-state index < -0.39 is 11.9 Å². The molecule has 21 heavy (non-hydrogen) atoms. The number of hydrogen-bond donors (Lipinski definition) is 0. The van der Waals surface area contributed by atoms with Crippen LogP contribution in [-0.2, 0) is 28.6 Å². The van der Waals surface area contributed by atoms with Gasteiger partial charge in [0.15, 0.2) is 0 Å². The second-order valence-electron chi connectivity index (χ2n) is 3.47. The fraction of sp³-hybridized carbons (Fsp3) is 0.400. The summed E-state index contributed by atoms with van der Waals surface area (Å²) < 4.78 is 13.7. The van der Waals surface area contributed by atoms with Gasteiger partial charge in [0, 0.05) is 18.2 Å². The Hall–Kier alpha value is -2.37. The molecular weight excluding hydrogens is 276 g/mol. The third-order valence-electron chi connectivity index (χ3n) is 1.81. The Kier molecular flexibility index (Phi) is 15.6. The highest BCUT2D eigenvalue weighted by Gasteiger charge is 1.97. The molecule has 0 fully saturated rings. The maximum atomic E-state index is 10.4. The summed E-state index contributed by atoms with van der Waals surface area (Å²) in [5.74, 6) is -1.40. The van der Waals surface area contributed by atoms with E-state index in [0.717, 1.165) is 25.0 Å². The molecule has 6 heteroatoms. The third kappa shape index (κ3) is 17.6. The van der Waals surface area contributed by atoms with Crippen LogP contribution in [0.1, 0.15) is 19.8 Å². The molecule has 0 aliphatic heterocycles. The van der Waals surface area contributed by atoms with Crippen LogP contribution in [-0.4, -0.2) is 37.7 Å². The number of unbranched alkanes of at least 4 members (excludes halogenated alkanes) is 1. The Labute approximate surface area is 125 Å². The summed E-state index contributed by atoms with van der Waals surface area (Å²) in [6, 6.07) is 0. The van der Waals surface area contributed by atoms with Crippen LogP contribution in [0.15, 0.2) is 38.0 Å². The summed E-state index contributed by atoms with van der Waals surface area (Å²) in [6.45, 7) is 12.3. The van der Waals surface area contributed by atoms with E-state index in [2.05, 4.69) is 33.9 Å².